The first kappa shape index (κ1) is 11.9. The highest BCUT2D eigenvalue weighted by molar-refractivity contribution is 9.10. The smallest absolute Gasteiger partial charge is 0.120 e. The lowest BCUT2D eigenvalue weighted by molar-refractivity contribution is -0.0991. The largest absolute Gasteiger partial charge is 0.508 e. The number of ether oxygens (including phenoxy) is 1. The number of benzene rings is 1. The summed E-state index contributed by atoms with van der Waals surface area (Å²) in [5.41, 5.74) is 1.18. The molecule has 0 amide bonds. The fourth-order valence-electron chi connectivity index (χ4n) is 1.75. The van der Waals surface area contributed by atoms with Crippen molar-refractivity contribution in [3.05, 3.63) is 28.2 Å². The van der Waals surface area contributed by atoms with Gasteiger partial charge in [-0.1, -0.05) is 22.9 Å². The van der Waals surface area contributed by atoms with E-state index in [1.807, 2.05) is 12.1 Å². The van der Waals surface area contributed by atoms with Gasteiger partial charge in [-0.3, -0.25) is 0 Å². The summed E-state index contributed by atoms with van der Waals surface area (Å²) in [7, 11) is 0. The van der Waals surface area contributed by atoms with Crippen LogP contribution in [0.2, 0.25) is 0 Å². The molecule has 0 saturated carbocycles. The van der Waals surface area contributed by atoms with Crippen molar-refractivity contribution in [1.82, 2.24) is 5.32 Å². The Bertz CT molecular complexity index is 377. The molecule has 4 heteroatoms. The van der Waals surface area contributed by atoms with Crippen LogP contribution in [0.3, 0.4) is 0 Å². The van der Waals surface area contributed by atoms with E-state index in [4.69, 9.17) is 4.74 Å². The summed E-state index contributed by atoms with van der Waals surface area (Å²) >= 11 is 3.39. The number of phenolic OH excluding ortho intramolecular Hbond substituents is 1. The second kappa shape index (κ2) is 4.73. The Balaban J connectivity index is 1.87. The maximum Gasteiger partial charge on any atom is 0.120 e. The number of rotatable bonds is 4. The highest BCUT2D eigenvalue weighted by Gasteiger charge is 2.32. The third-order valence-electron chi connectivity index (χ3n) is 2.81. The van der Waals surface area contributed by atoms with Crippen LogP contribution in [0.15, 0.2) is 22.7 Å². The molecule has 0 aliphatic carbocycles. The lowest BCUT2D eigenvalue weighted by Crippen LogP contribution is -2.47. The van der Waals surface area contributed by atoms with Gasteiger partial charge < -0.3 is 15.2 Å². The molecule has 16 heavy (non-hydrogen) atoms. The van der Waals surface area contributed by atoms with Crippen molar-refractivity contribution in [2.24, 2.45) is 5.41 Å². The maximum absolute atomic E-state index is 9.65. The maximum atomic E-state index is 9.65. The molecular formula is C12H16BrNO2. The number of halogens is 1. The molecule has 1 aliphatic rings. The molecule has 0 atom stereocenters. The van der Waals surface area contributed by atoms with E-state index in [9.17, 15) is 5.11 Å². The number of nitrogens with one attached hydrogen (secondary N) is 1. The normalized spacial score (nSPS) is 18.1. The molecule has 88 valence electrons. The van der Waals surface area contributed by atoms with Gasteiger partial charge in [0.2, 0.25) is 0 Å². The van der Waals surface area contributed by atoms with Gasteiger partial charge in [-0.2, -0.15) is 0 Å². The van der Waals surface area contributed by atoms with E-state index in [2.05, 4.69) is 28.2 Å². The SMILES string of the molecule is CC1(CNCc2cc(Br)ccc2O)COC1. The summed E-state index contributed by atoms with van der Waals surface area (Å²) in [4.78, 5) is 0. The van der Waals surface area contributed by atoms with Crippen LogP contribution in [0, 0.1) is 5.41 Å². The van der Waals surface area contributed by atoms with Gasteiger partial charge in [0, 0.05) is 28.5 Å². The van der Waals surface area contributed by atoms with Crippen LogP contribution in [0.4, 0.5) is 0 Å². The first-order valence-electron chi connectivity index (χ1n) is 5.35. The average Bonchev–Trinajstić information content (AvgIpc) is 2.21. The Labute approximate surface area is 104 Å². The quantitative estimate of drug-likeness (QED) is 0.892. The standard InChI is InChI=1S/C12H16BrNO2/c1-12(7-16-8-12)6-14-5-9-4-10(13)2-3-11(9)15/h2-4,14-15H,5-8H2,1H3. The minimum atomic E-state index is 0.266. The molecule has 1 heterocycles. The van der Waals surface area contributed by atoms with Gasteiger partial charge in [-0.25, -0.2) is 0 Å². The van der Waals surface area contributed by atoms with Gasteiger partial charge >= 0.3 is 0 Å². The predicted octanol–water partition coefficient (Wildman–Crippen LogP) is 2.28. The molecule has 1 saturated heterocycles. The van der Waals surface area contributed by atoms with Crippen molar-refractivity contribution in [2.45, 2.75) is 13.5 Å². The molecule has 1 aliphatic heterocycles. The third-order valence-corrected chi connectivity index (χ3v) is 3.30. The van der Waals surface area contributed by atoms with Gasteiger partial charge in [0.1, 0.15) is 5.75 Å². The van der Waals surface area contributed by atoms with Gasteiger partial charge in [0.25, 0.3) is 0 Å². The van der Waals surface area contributed by atoms with E-state index < -0.39 is 0 Å². The zero-order valence-corrected chi connectivity index (χ0v) is 10.9. The minimum absolute atomic E-state index is 0.266. The lowest BCUT2D eigenvalue weighted by atomic mass is 9.89. The van der Waals surface area contributed by atoms with Gasteiger partial charge in [0.15, 0.2) is 0 Å². The number of hydrogen-bond acceptors (Lipinski definition) is 3. The zero-order chi connectivity index (χ0) is 11.6. The van der Waals surface area contributed by atoms with E-state index >= 15 is 0 Å². The Morgan fingerprint density at radius 3 is 2.88 bits per heavy atom. The van der Waals surface area contributed by atoms with Crippen LogP contribution in [-0.2, 0) is 11.3 Å². The number of phenols is 1. The zero-order valence-electron chi connectivity index (χ0n) is 9.29. The lowest BCUT2D eigenvalue weighted by Gasteiger charge is -2.38. The topological polar surface area (TPSA) is 41.5 Å². The van der Waals surface area contributed by atoms with Gasteiger partial charge in [-0.05, 0) is 18.2 Å². The molecule has 1 aromatic carbocycles. The van der Waals surface area contributed by atoms with Crippen molar-refractivity contribution in [3.8, 4) is 5.75 Å². The molecule has 3 nitrogen and oxygen atoms in total. The summed E-state index contributed by atoms with van der Waals surface area (Å²) in [5, 5.41) is 13.0. The van der Waals surface area contributed by atoms with Crippen LogP contribution in [0.25, 0.3) is 0 Å². The summed E-state index contributed by atoms with van der Waals surface area (Å²) in [6.45, 7) is 5.44. The highest BCUT2D eigenvalue weighted by Crippen LogP contribution is 2.26. The number of hydrogen-bond donors (Lipinski definition) is 2. The van der Waals surface area contributed by atoms with Crippen molar-refractivity contribution in [1.29, 1.82) is 0 Å². The molecule has 2 N–H and O–H groups in total. The average molecular weight is 286 g/mol. The first-order valence-corrected chi connectivity index (χ1v) is 6.14. The summed E-state index contributed by atoms with van der Waals surface area (Å²) in [6, 6.07) is 5.47. The van der Waals surface area contributed by atoms with Crippen molar-refractivity contribution in [3.63, 3.8) is 0 Å². The van der Waals surface area contributed by atoms with Crippen molar-refractivity contribution < 1.29 is 9.84 Å². The van der Waals surface area contributed by atoms with E-state index in [1.165, 1.54) is 0 Å². The molecule has 0 radical (unpaired) electrons. The molecule has 0 aromatic heterocycles. The van der Waals surface area contributed by atoms with E-state index in [0.717, 1.165) is 29.8 Å². The molecule has 2 rings (SSSR count). The summed E-state index contributed by atoms with van der Waals surface area (Å²) < 4.78 is 6.17. The second-order valence-electron chi connectivity index (χ2n) is 4.68. The van der Waals surface area contributed by atoms with E-state index in [1.54, 1.807) is 6.07 Å². The minimum Gasteiger partial charge on any atom is -0.508 e. The van der Waals surface area contributed by atoms with E-state index in [0.29, 0.717) is 12.3 Å². The molecule has 1 aromatic rings. The van der Waals surface area contributed by atoms with Gasteiger partial charge in [0.05, 0.1) is 13.2 Å². The Hall–Kier alpha value is -0.580. The Kier molecular flexibility index (Phi) is 3.52. The Morgan fingerprint density at radius 2 is 2.25 bits per heavy atom. The van der Waals surface area contributed by atoms with Crippen molar-refractivity contribution >= 4 is 15.9 Å². The fraction of sp³-hybridized carbons (Fsp3) is 0.500. The summed E-state index contributed by atoms with van der Waals surface area (Å²) in [5.74, 6) is 0.339. The van der Waals surface area contributed by atoms with Crippen molar-refractivity contribution in [2.75, 3.05) is 19.8 Å². The second-order valence-corrected chi connectivity index (χ2v) is 5.60. The molecule has 1 fully saturated rings. The van der Waals surface area contributed by atoms with Crippen LogP contribution >= 0.6 is 15.9 Å². The summed E-state index contributed by atoms with van der Waals surface area (Å²) in [6.07, 6.45) is 0. The molecule has 0 spiro atoms. The molecule has 0 bridgehead atoms. The highest BCUT2D eigenvalue weighted by atomic mass is 79.9. The number of aromatic hydroxyl groups is 1. The monoisotopic (exact) mass is 285 g/mol. The van der Waals surface area contributed by atoms with Gasteiger partial charge in [-0.15, -0.1) is 0 Å². The fourth-order valence-corrected chi connectivity index (χ4v) is 2.16. The third kappa shape index (κ3) is 2.75. The van der Waals surface area contributed by atoms with Crippen LogP contribution in [0.5, 0.6) is 5.75 Å². The Morgan fingerprint density at radius 1 is 1.50 bits per heavy atom. The van der Waals surface area contributed by atoms with Crippen LogP contribution in [0.1, 0.15) is 12.5 Å². The molecule has 0 unspecified atom stereocenters. The first-order chi connectivity index (χ1) is 7.59. The predicted molar refractivity (Wildman–Crippen MR) is 66.4 cm³/mol. The van der Waals surface area contributed by atoms with Crippen LogP contribution in [-0.4, -0.2) is 24.9 Å². The molecular weight excluding hydrogens is 270 g/mol. The van der Waals surface area contributed by atoms with E-state index in [-0.39, 0.29) is 5.41 Å². The van der Waals surface area contributed by atoms with Crippen LogP contribution < -0.4 is 5.32 Å².